The van der Waals surface area contributed by atoms with Crippen molar-refractivity contribution in [1.82, 2.24) is 20.7 Å². The summed E-state index contributed by atoms with van der Waals surface area (Å²) in [4.78, 5) is 12.5. The Morgan fingerprint density at radius 2 is 2.26 bits per heavy atom. The zero-order chi connectivity index (χ0) is 16.0. The number of carbonyl (C=O) groups is 1. The van der Waals surface area contributed by atoms with Gasteiger partial charge in [-0.05, 0) is 26.7 Å². The second-order valence-electron chi connectivity index (χ2n) is 6.43. The molecule has 0 radical (unpaired) electrons. The Bertz CT molecular complexity index is 732. The van der Waals surface area contributed by atoms with Crippen molar-refractivity contribution in [2.75, 3.05) is 0 Å². The summed E-state index contributed by atoms with van der Waals surface area (Å²) in [5.41, 5.74) is 3.28. The zero-order valence-electron chi connectivity index (χ0n) is 13.3. The molecule has 1 aliphatic heterocycles. The Hall–Kier alpha value is -2.15. The van der Waals surface area contributed by atoms with Crippen molar-refractivity contribution in [1.29, 1.82) is 0 Å². The van der Waals surface area contributed by atoms with Crippen molar-refractivity contribution in [3.8, 4) is 0 Å². The van der Waals surface area contributed by atoms with E-state index in [1.165, 1.54) is 0 Å². The van der Waals surface area contributed by atoms with Gasteiger partial charge in [-0.1, -0.05) is 5.16 Å². The highest BCUT2D eigenvalue weighted by Crippen LogP contribution is 2.41. The highest BCUT2D eigenvalue weighted by Gasteiger charge is 2.31. The van der Waals surface area contributed by atoms with E-state index in [0.717, 1.165) is 35.4 Å². The van der Waals surface area contributed by atoms with Crippen LogP contribution in [0.2, 0.25) is 0 Å². The van der Waals surface area contributed by atoms with Gasteiger partial charge in [0.1, 0.15) is 5.76 Å². The van der Waals surface area contributed by atoms with E-state index in [9.17, 15) is 4.79 Å². The summed E-state index contributed by atoms with van der Waals surface area (Å²) in [6.45, 7) is 4.39. The van der Waals surface area contributed by atoms with Gasteiger partial charge in [-0.3, -0.25) is 9.89 Å². The lowest BCUT2D eigenvalue weighted by atomic mass is 9.99. The lowest BCUT2D eigenvalue weighted by Gasteiger charge is -2.25. The van der Waals surface area contributed by atoms with Crippen LogP contribution >= 0.6 is 0 Å². The van der Waals surface area contributed by atoms with Crippen molar-refractivity contribution >= 4 is 5.91 Å². The number of hydrogen-bond acceptors (Lipinski definition) is 5. The summed E-state index contributed by atoms with van der Waals surface area (Å²) in [7, 11) is 0. The average Bonchev–Trinajstić information content (AvgIpc) is 3.09. The number of carbonyl (C=O) groups excluding carboxylic acids is 1. The lowest BCUT2D eigenvalue weighted by molar-refractivity contribution is -0.00697. The third-order valence-corrected chi connectivity index (χ3v) is 4.51. The lowest BCUT2D eigenvalue weighted by Crippen LogP contribution is -2.27. The third-order valence-electron chi connectivity index (χ3n) is 4.51. The number of aromatic amines is 1. The molecule has 23 heavy (non-hydrogen) atoms. The highest BCUT2D eigenvalue weighted by atomic mass is 16.5. The molecule has 1 saturated carbocycles. The van der Waals surface area contributed by atoms with E-state index in [1.807, 2.05) is 13.8 Å². The van der Waals surface area contributed by atoms with Gasteiger partial charge in [0.2, 0.25) is 0 Å². The first kappa shape index (κ1) is 14.4. The standard InChI is InChI=1S/C16H20N4O3/c1-8-5-12-13(9(2)22-8)19-20-14(12)16(21)17-6-11-7-18-23-15(11)10-3-4-10/h7-10H,3-6H2,1-2H3,(H,17,21)(H,19,20)/t8-,9+/m1/s1. The first-order chi connectivity index (χ1) is 11.1. The summed E-state index contributed by atoms with van der Waals surface area (Å²) < 4.78 is 11.0. The molecular formula is C16H20N4O3. The molecule has 2 aromatic rings. The smallest absolute Gasteiger partial charge is 0.272 e. The fourth-order valence-electron chi connectivity index (χ4n) is 3.20. The number of nitrogens with one attached hydrogen (secondary N) is 2. The molecule has 0 unspecified atom stereocenters. The number of H-pyrrole nitrogens is 1. The van der Waals surface area contributed by atoms with Crippen LogP contribution in [-0.4, -0.2) is 27.4 Å². The van der Waals surface area contributed by atoms with Crippen molar-refractivity contribution in [3.05, 3.63) is 34.5 Å². The van der Waals surface area contributed by atoms with Crippen molar-refractivity contribution in [2.24, 2.45) is 0 Å². The number of hydrogen-bond donors (Lipinski definition) is 2. The van der Waals surface area contributed by atoms with Crippen LogP contribution in [0.25, 0.3) is 0 Å². The van der Waals surface area contributed by atoms with E-state index in [1.54, 1.807) is 6.20 Å². The van der Waals surface area contributed by atoms with Gasteiger partial charge in [-0.25, -0.2) is 0 Å². The van der Waals surface area contributed by atoms with Crippen LogP contribution in [0.4, 0.5) is 0 Å². The van der Waals surface area contributed by atoms with Crippen molar-refractivity contribution in [3.63, 3.8) is 0 Å². The molecule has 122 valence electrons. The number of ether oxygens (including phenoxy) is 1. The molecule has 3 heterocycles. The van der Waals surface area contributed by atoms with Gasteiger partial charge in [0, 0.05) is 30.0 Å². The van der Waals surface area contributed by atoms with Gasteiger partial charge in [-0.15, -0.1) is 0 Å². The minimum atomic E-state index is -0.174. The zero-order valence-corrected chi connectivity index (χ0v) is 13.3. The molecule has 2 atom stereocenters. The van der Waals surface area contributed by atoms with Crippen LogP contribution in [0.15, 0.2) is 10.7 Å². The molecule has 0 saturated heterocycles. The summed E-state index contributed by atoms with van der Waals surface area (Å²) >= 11 is 0. The first-order valence-corrected chi connectivity index (χ1v) is 8.07. The number of fused-ring (bicyclic) bond motifs is 1. The molecule has 1 fully saturated rings. The SMILES string of the molecule is C[C@@H]1Cc2c(C(=O)NCc3cnoc3C3CC3)n[nH]c2[C@H](C)O1. The van der Waals surface area contributed by atoms with E-state index in [2.05, 4.69) is 20.7 Å². The van der Waals surface area contributed by atoms with Crippen molar-refractivity contribution in [2.45, 2.75) is 57.8 Å². The van der Waals surface area contributed by atoms with E-state index < -0.39 is 0 Å². The molecule has 2 aliphatic rings. The van der Waals surface area contributed by atoms with Crippen LogP contribution in [-0.2, 0) is 17.7 Å². The van der Waals surface area contributed by atoms with E-state index in [-0.39, 0.29) is 18.1 Å². The van der Waals surface area contributed by atoms with Crippen LogP contribution < -0.4 is 5.32 Å². The van der Waals surface area contributed by atoms with E-state index >= 15 is 0 Å². The molecule has 7 nitrogen and oxygen atoms in total. The predicted octanol–water partition coefficient (Wildman–Crippen LogP) is 2.23. The Morgan fingerprint density at radius 1 is 1.43 bits per heavy atom. The molecule has 2 N–H and O–H groups in total. The molecule has 1 amide bonds. The van der Waals surface area contributed by atoms with Crippen LogP contribution in [0.3, 0.4) is 0 Å². The fraction of sp³-hybridized carbons (Fsp3) is 0.562. The second kappa shape index (κ2) is 5.49. The molecule has 4 rings (SSSR count). The number of rotatable bonds is 4. The molecule has 0 spiro atoms. The Kier molecular flexibility index (Phi) is 3.45. The van der Waals surface area contributed by atoms with Gasteiger partial charge in [-0.2, -0.15) is 5.10 Å². The molecular weight excluding hydrogens is 296 g/mol. The van der Waals surface area contributed by atoms with Gasteiger partial charge in [0.05, 0.1) is 24.1 Å². The van der Waals surface area contributed by atoms with Gasteiger partial charge >= 0.3 is 0 Å². The number of amides is 1. The molecule has 1 aliphatic carbocycles. The minimum Gasteiger partial charge on any atom is -0.369 e. The topological polar surface area (TPSA) is 93.0 Å². The highest BCUT2D eigenvalue weighted by molar-refractivity contribution is 5.94. The van der Waals surface area contributed by atoms with E-state index in [0.29, 0.717) is 24.6 Å². The largest absolute Gasteiger partial charge is 0.369 e. The molecule has 0 aromatic carbocycles. The van der Waals surface area contributed by atoms with Crippen LogP contribution in [0.1, 0.15) is 71.8 Å². The Morgan fingerprint density at radius 3 is 3.04 bits per heavy atom. The fourth-order valence-corrected chi connectivity index (χ4v) is 3.20. The first-order valence-electron chi connectivity index (χ1n) is 8.07. The number of nitrogens with zero attached hydrogens (tertiary/aromatic N) is 2. The maximum atomic E-state index is 12.5. The van der Waals surface area contributed by atoms with Crippen molar-refractivity contribution < 1.29 is 14.1 Å². The Labute approximate surface area is 133 Å². The minimum absolute atomic E-state index is 0.0673. The Balaban J connectivity index is 1.48. The van der Waals surface area contributed by atoms with Gasteiger partial charge < -0.3 is 14.6 Å². The average molecular weight is 316 g/mol. The maximum Gasteiger partial charge on any atom is 0.272 e. The summed E-state index contributed by atoms with van der Waals surface area (Å²) in [6.07, 6.45) is 4.67. The quantitative estimate of drug-likeness (QED) is 0.902. The van der Waals surface area contributed by atoms with Crippen LogP contribution in [0.5, 0.6) is 0 Å². The normalized spacial score (nSPS) is 23.6. The number of aromatic nitrogens is 3. The molecule has 2 aromatic heterocycles. The second-order valence-corrected chi connectivity index (χ2v) is 6.43. The maximum absolute atomic E-state index is 12.5. The molecule has 7 heteroatoms. The summed E-state index contributed by atoms with van der Waals surface area (Å²) in [5.74, 6) is 1.21. The van der Waals surface area contributed by atoms with Crippen LogP contribution in [0, 0.1) is 0 Å². The monoisotopic (exact) mass is 316 g/mol. The summed E-state index contributed by atoms with van der Waals surface area (Å²) in [6, 6.07) is 0. The summed E-state index contributed by atoms with van der Waals surface area (Å²) in [5, 5.41) is 13.9. The third kappa shape index (κ3) is 2.65. The predicted molar refractivity (Wildman–Crippen MR) is 80.9 cm³/mol. The van der Waals surface area contributed by atoms with Gasteiger partial charge in [0.15, 0.2) is 5.69 Å². The molecule has 0 bridgehead atoms. The van der Waals surface area contributed by atoms with E-state index in [4.69, 9.17) is 9.26 Å². The van der Waals surface area contributed by atoms with Gasteiger partial charge in [0.25, 0.3) is 5.91 Å².